The Kier molecular flexibility index (Phi) is 7.42. The molecule has 4 heteroatoms. The van der Waals surface area contributed by atoms with Crippen molar-refractivity contribution in [3.05, 3.63) is 0 Å². The molecule has 1 amide bonds. The minimum atomic E-state index is -0.456. The molecule has 0 aliphatic rings. The predicted molar refractivity (Wildman–Crippen MR) is 80.4 cm³/mol. The Labute approximate surface area is 118 Å². The number of amides is 1. The van der Waals surface area contributed by atoms with Gasteiger partial charge in [-0.1, -0.05) is 19.8 Å². The third-order valence-corrected chi connectivity index (χ3v) is 2.72. The Bertz CT molecular complexity index is 270. The van der Waals surface area contributed by atoms with Gasteiger partial charge in [0.15, 0.2) is 0 Å². The lowest BCUT2D eigenvalue weighted by Crippen LogP contribution is -2.52. The largest absolute Gasteiger partial charge is 0.444 e. The number of rotatable bonds is 7. The molecule has 19 heavy (non-hydrogen) atoms. The van der Waals surface area contributed by atoms with Gasteiger partial charge in [-0.05, 0) is 48.0 Å². The van der Waals surface area contributed by atoms with E-state index in [4.69, 9.17) is 4.74 Å². The van der Waals surface area contributed by atoms with Crippen molar-refractivity contribution < 1.29 is 9.53 Å². The average molecular weight is 272 g/mol. The van der Waals surface area contributed by atoms with Crippen LogP contribution in [-0.4, -0.2) is 29.8 Å². The van der Waals surface area contributed by atoms with E-state index in [9.17, 15) is 4.79 Å². The van der Waals surface area contributed by atoms with E-state index in [1.54, 1.807) is 0 Å². The summed E-state index contributed by atoms with van der Waals surface area (Å²) in [7, 11) is 0. The van der Waals surface area contributed by atoms with E-state index < -0.39 is 5.60 Å². The highest BCUT2D eigenvalue weighted by Gasteiger charge is 2.24. The topological polar surface area (TPSA) is 50.4 Å². The normalized spacial score (nSPS) is 14.1. The molecule has 4 nitrogen and oxygen atoms in total. The molecular formula is C15H32N2O2. The number of hydrogen-bond donors (Lipinski definition) is 2. The lowest BCUT2D eigenvalue weighted by molar-refractivity contribution is 0.0470. The van der Waals surface area contributed by atoms with Crippen molar-refractivity contribution in [2.75, 3.05) is 6.54 Å². The molecule has 2 N–H and O–H groups in total. The Hall–Kier alpha value is -0.770. The first-order valence-electron chi connectivity index (χ1n) is 7.30. The van der Waals surface area contributed by atoms with Crippen LogP contribution in [0.4, 0.5) is 4.79 Å². The van der Waals surface area contributed by atoms with Crippen molar-refractivity contribution in [2.45, 2.75) is 84.9 Å². The molecule has 0 bridgehead atoms. The van der Waals surface area contributed by atoms with E-state index in [-0.39, 0.29) is 11.6 Å². The van der Waals surface area contributed by atoms with Crippen LogP contribution in [0.2, 0.25) is 0 Å². The molecule has 0 aliphatic heterocycles. The highest BCUT2D eigenvalue weighted by Crippen LogP contribution is 2.09. The Morgan fingerprint density at radius 3 is 2.26 bits per heavy atom. The van der Waals surface area contributed by atoms with Crippen LogP contribution in [0.3, 0.4) is 0 Å². The van der Waals surface area contributed by atoms with E-state index in [0.29, 0.717) is 6.04 Å². The van der Waals surface area contributed by atoms with E-state index in [2.05, 4.69) is 24.5 Å². The zero-order valence-electron chi connectivity index (χ0n) is 13.7. The highest BCUT2D eigenvalue weighted by molar-refractivity contribution is 5.68. The molecule has 0 spiro atoms. The van der Waals surface area contributed by atoms with Crippen LogP contribution in [0.15, 0.2) is 0 Å². The summed E-state index contributed by atoms with van der Waals surface area (Å²) in [5.74, 6) is 0. The minimum Gasteiger partial charge on any atom is -0.444 e. The molecule has 1 unspecified atom stereocenters. The number of nitrogens with one attached hydrogen (secondary N) is 2. The molecule has 0 aliphatic carbocycles. The molecule has 0 saturated heterocycles. The van der Waals surface area contributed by atoms with E-state index in [1.165, 1.54) is 19.3 Å². The van der Waals surface area contributed by atoms with E-state index in [1.807, 2.05) is 34.6 Å². The fourth-order valence-corrected chi connectivity index (χ4v) is 1.67. The third kappa shape index (κ3) is 10.8. The van der Waals surface area contributed by atoms with E-state index in [0.717, 1.165) is 6.54 Å². The van der Waals surface area contributed by atoms with Crippen LogP contribution in [0.5, 0.6) is 0 Å². The number of carbonyl (C=O) groups excluding carboxylic acids is 1. The summed E-state index contributed by atoms with van der Waals surface area (Å²) in [6, 6.07) is 0.472. The number of alkyl carbamates (subject to hydrolysis) is 1. The molecule has 0 heterocycles. The lowest BCUT2D eigenvalue weighted by atomic mass is 10.0. The Morgan fingerprint density at radius 1 is 1.21 bits per heavy atom. The van der Waals surface area contributed by atoms with Crippen molar-refractivity contribution >= 4 is 6.09 Å². The van der Waals surface area contributed by atoms with Crippen molar-refractivity contribution in [2.24, 2.45) is 0 Å². The second kappa shape index (κ2) is 7.73. The van der Waals surface area contributed by atoms with E-state index >= 15 is 0 Å². The van der Waals surface area contributed by atoms with Crippen molar-refractivity contribution in [3.8, 4) is 0 Å². The fraction of sp³-hybridized carbons (Fsp3) is 0.933. The predicted octanol–water partition coefficient (Wildman–Crippen LogP) is 3.46. The summed E-state index contributed by atoms with van der Waals surface area (Å²) in [6.07, 6.45) is 3.25. The summed E-state index contributed by atoms with van der Waals surface area (Å²) in [6.45, 7) is 14.7. The van der Waals surface area contributed by atoms with Crippen LogP contribution in [0.25, 0.3) is 0 Å². The SMILES string of the molecule is CCCCC(C)NCC(C)(C)NC(=O)OC(C)(C)C. The maximum absolute atomic E-state index is 11.7. The number of carbonyl (C=O) groups is 1. The summed E-state index contributed by atoms with van der Waals surface area (Å²) in [5.41, 5.74) is -0.773. The first-order chi connectivity index (χ1) is 8.56. The van der Waals surface area contributed by atoms with Gasteiger partial charge in [-0.2, -0.15) is 0 Å². The highest BCUT2D eigenvalue weighted by atomic mass is 16.6. The maximum atomic E-state index is 11.7. The molecule has 0 rings (SSSR count). The second-order valence-corrected chi connectivity index (χ2v) is 6.93. The number of unbranched alkanes of at least 4 members (excludes halogenated alkanes) is 1. The third-order valence-electron chi connectivity index (χ3n) is 2.72. The van der Waals surface area contributed by atoms with Gasteiger partial charge in [-0.25, -0.2) is 4.79 Å². The molecule has 0 saturated carbocycles. The molecule has 0 aromatic rings. The maximum Gasteiger partial charge on any atom is 0.408 e. The summed E-state index contributed by atoms with van der Waals surface area (Å²) < 4.78 is 5.27. The van der Waals surface area contributed by atoms with Gasteiger partial charge in [0.1, 0.15) is 5.60 Å². The standard InChI is InChI=1S/C15H32N2O2/c1-8-9-10-12(2)16-11-15(6,7)17-13(18)19-14(3,4)5/h12,16H,8-11H2,1-7H3,(H,17,18). The van der Waals surface area contributed by atoms with Crippen molar-refractivity contribution in [1.82, 2.24) is 10.6 Å². The van der Waals surface area contributed by atoms with Crippen LogP contribution in [-0.2, 0) is 4.74 Å². The minimum absolute atomic E-state index is 0.317. The van der Waals surface area contributed by atoms with Crippen LogP contribution >= 0.6 is 0 Å². The molecule has 0 fully saturated rings. The monoisotopic (exact) mass is 272 g/mol. The van der Waals surface area contributed by atoms with Gasteiger partial charge in [0.2, 0.25) is 0 Å². The Balaban J connectivity index is 4.07. The molecule has 0 aromatic heterocycles. The summed E-state index contributed by atoms with van der Waals surface area (Å²) in [5, 5.41) is 6.36. The quantitative estimate of drug-likeness (QED) is 0.746. The second-order valence-electron chi connectivity index (χ2n) is 6.93. The van der Waals surface area contributed by atoms with Crippen molar-refractivity contribution in [3.63, 3.8) is 0 Å². The summed E-state index contributed by atoms with van der Waals surface area (Å²) in [4.78, 5) is 11.7. The summed E-state index contributed by atoms with van der Waals surface area (Å²) >= 11 is 0. The average Bonchev–Trinajstić information content (AvgIpc) is 2.20. The number of ether oxygens (including phenoxy) is 1. The van der Waals surface area contributed by atoms with Gasteiger partial charge in [-0.3, -0.25) is 0 Å². The molecule has 1 atom stereocenters. The molecule has 114 valence electrons. The van der Waals surface area contributed by atoms with Gasteiger partial charge in [0.05, 0.1) is 5.54 Å². The van der Waals surface area contributed by atoms with Gasteiger partial charge < -0.3 is 15.4 Å². The lowest BCUT2D eigenvalue weighted by Gasteiger charge is -2.30. The fourth-order valence-electron chi connectivity index (χ4n) is 1.67. The van der Waals surface area contributed by atoms with Crippen LogP contribution < -0.4 is 10.6 Å². The molecule has 0 radical (unpaired) electrons. The van der Waals surface area contributed by atoms with Crippen molar-refractivity contribution in [1.29, 1.82) is 0 Å². The van der Waals surface area contributed by atoms with Crippen LogP contribution in [0, 0.1) is 0 Å². The van der Waals surface area contributed by atoms with Crippen LogP contribution in [0.1, 0.15) is 67.7 Å². The first-order valence-corrected chi connectivity index (χ1v) is 7.30. The van der Waals surface area contributed by atoms with Gasteiger partial charge >= 0.3 is 6.09 Å². The smallest absolute Gasteiger partial charge is 0.408 e. The van der Waals surface area contributed by atoms with Gasteiger partial charge in [0.25, 0.3) is 0 Å². The Morgan fingerprint density at radius 2 is 1.79 bits per heavy atom. The van der Waals surface area contributed by atoms with Gasteiger partial charge in [-0.15, -0.1) is 0 Å². The number of hydrogen-bond acceptors (Lipinski definition) is 3. The van der Waals surface area contributed by atoms with Gasteiger partial charge in [0, 0.05) is 12.6 Å². The molecular weight excluding hydrogens is 240 g/mol. The first kappa shape index (κ1) is 18.2. The zero-order chi connectivity index (χ0) is 15.1. The molecule has 0 aromatic carbocycles. The zero-order valence-corrected chi connectivity index (χ0v) is 13.7.